The molecule has 1 atom stereocenters. The lowest BCUT2D eigenvalue weighted by Gasteiger charge is -2.45. The molecule has 8 heteroatoms. The second kappa shape index (κ2) is 7.74. The zero-order valence-electron chi connectivity index (χ0n) is 16.1. The molecule has 1 fully saturated rings. The summed E-state index contributed by atoms with van der Waals surface area (Å²) in [5.41, 5.74) is 1.14. The lowest BCUT2D eigenvalue weighted by molar-refractivity contribution is -0.114. The largest absolute Gasteiger partial charge is 0.438 e. The first-order valence-corrected chi connectivity index (χ1v) is 9.66. The molecule has 0 N–H and O–H groups in total. The van der Waals surface area contributed by atoms with Crippen LogP contribution >= 0.6 is 11.6 Å². The van der Waals surface area contributed by atoms with Crippen molar-refractivity contribution in [2.45, 2.75) is 32.2 Å². The van der Waals surface area contributed by atoms with Gasteiger partial charge in [0.05, 0.1) is 12.7 Å². The zero-order chi connectivity index (χ0) is 20.6. The molecule has 152 valence electrons. The molecule has 1 aromatic heterocycles. The summed E-state index contributed by atoms with van der Waals surface area (Å²) in [6.07, 6.45) is -0.212. The fourth-order valence-corrected chi connectivity index (χ4v) is 3.59. The molecular weight excluding hydrogens is 397 g/mol. The van der Waals surface area contributed by atoms with E-state index in [1.807, 2.05) is 38.1 Å². The normalized spacial score (nSPS) is 19.4. The van der Waals surface area contributed by atoms with Crippen molar-refractivity contribution in [2.75, 3.05) is 13.2 Å². The highest BCUT2D eigenvalue weighted by Crippen LogP contribution is 2.33. The first-order valence-electron chi connectivity index (χ1n) is 9.28. The molecule has 0 bridgehead atoms. The van der Waals surface area contributed by atoms with E-state index in [4.69, 9.17) is 20.8 Å². The molecule has 0 aliphatic carbocycles. The van der Waals surface area contributed by atoms with Crippen molar-refractivity contribution in [1.82, 2.24) is 14.7 Å². The first-order chi connectivity index (χ1) is 13.8. The van der Waals surface area contributed by atoms with E-state index >= 15 is 0 Å². The van der Waals surface area contributed by atoms with Crippen molar-refractivity contribution >= 4 is 11.6 Å². The molecule has 0 radical (unpaired) electrons. The highest BCUT2D eigenvalue weighted by atomic mass is 35.5. The molecule has 2 heterocycles. The second-order valence-electron chi connectivity index (χ2n) is 7.68. The highest BCUT2D eigenvalue weighted by molar-refractivity contribution is 6.31. The zero-order valence-corrected chi connectivity index (χ0v) is 16.9. The third-order valence-electron chi connectivity index (χ3n) is 5.13. The third kappa shape index (κ3) is 4.12. The van der Waals surface area contributed by atoms with Gasteiger partial charge in [-0.05, 0) is 44.2 Å². The molecule has 0 unspecified atom stereocenters. The van der Waals surface area contributed by atoms with E-state index < -0.39 is 5.76 Å². The highest BCUT2D eigenvalue weighted by Gasteiger charge is 2.37. The maximum atomic E-state index is 13.1. The van der Waals surface area contributed by atoms with Gasteiger partial charge < -0.3 is 9.15 Å². The van der Waals surface area contributed by atoms with Gasteiger partial charge in [0.1, 0.15) is 12.5 Å². The Bertz CT molecular complexity index is 1060. The van der Waals surface area contributed by atoms with Crippen molar-refractivity contribution in [3.63, 3.8) is 0 Å². The average Bonchev–Trinajstić information content (AvgIpc) is 3.05. The van der Waals surface area contributed by atoms with Crippen LogP contribution in [0.1, 0.15) is 25.5 Å². The standard InChI is InChI=1S/C21H21ClFN3O3/c1-21(2)12-28-18(16-5-3-4-6-17(16)22)11-25(21)13-26-20(27)29-19(24-26)14-7-9-15(23)10-8-14/h3-10,18H,11-13H2,1-2H3/t18-/m0/s1. The summed E-state index contributed by atoms with van der Waals surface area (Å²) in [6.45, 7) is 5.34. The van der Waals surface area contributed by atoms with E-state index in [-0.39, 0.29) is 30.0 Å². The minimum atomic E-state index is -0.569. The number of ether oxygens (including phenoxy) is 1. The first kappa shape index (κ1) is 19.8. The summed E-state index contributed by atoms with van der Waals surface area (Å²) >= 11 is 6.34. The minimum Gasteiger partial charge on any atom is -0.388 e. The van der Waals surface area contributed by atoms with Crippen LogP contribution in [0, 0.1) is 5.82 Å². The fraction of sp³-hybridized carbons (Fsp3) is 0.333. The lowest BCUT2D eigenvalue weighted by atomic mass is 9.99. The van der Waals surface area contributed by atoms with Gasteiger partial charge in [-0.3, -0.25) is 4.90 Å². The predicted octanol–water partition coefficient (Wildman–Crippen LogP) is 4.11. The SMILES string of the molecule is CC1(C)CO[C@H](c2ccccc2Cl)CN1Cn1nc(-c2ccc(F)cc2)oc1=O. The Kier molecular flexibility index (Phi) is 5.29. The Morgan fingerprint density at radius 3 is 2.66 bits per heavy atom. The van der Waals surface area contributed by atoms with Gasteiger partial charge in [-0.2, -0.15) is 4.68 Å². The number of rotatable bonds is 4. The van der Waals surface area contributed by atoms with Crippen LogP contribution < -0.4 is 5.76 Å². The van der Waals surface area contributed by atoms with E-state index in [2.05, 4.69) is 10.00 Å². The van der Waals surface area contributed by atoms with Gasteiger partial charge in [-0.15, -0.1) is 5.10 Å². The molecule has 0 amide bonds. The number of halogens is 2. The van der Waals surface area contributed by atoms with Crippen molar-refractivity contribution in [1.29, 1.82) is 0 Å². The van der Waals surface area contributed by atoms with E-state index in [1.165, 1.54) is 28.9 Å². The second-order valence-corrected chi connectivity index (χ2v) is 8.08. The van der Waals surface area contributed by atoms with Crippen LogP contribution in [-0.4, -0.2) is 33.4 Å². The average molecular weight is 418 g/mol. The van der Waals surface area contributed by atoms with Gasteiger partial charge in [0, 0.05) is 28.2 Å². The van der Waals surface area contributed by atoms with Crippen LogP contribution in [0.5, 0.6) is 0 Å². The molecule has 3 aromatic rings. The molecule has 2 aromatic carbocycles. The van der Waals surface area contributed by atoms with Crippen LogP contribution in [-0.2, 0) is 11.4 Å². The third-order valence-corrected chi connectivity index (χ3v) is 5.48. The van der Waals surface area contributed by atoms with Gasteiger partial charge in [0.25, 0.3) is 0 Å². The summed E-state index contributed by atoms with van der Waals surface area (Å²) in [5.74, 6) is -0.777. The van der Waals surface area contributed by atoms with E-state index in [1.54, 1.807) is 0 Å². The molecule has 29 heavy (non-hydrogen) atoms. The molecule has 0 spiro atoms. The van der Waals surface area contributed by atoms with Crippen molar-refractivity contribution in [3.8, 4) is 11.5 Å². The fourth-order valence-electron chi connectivity index (χ4n) is 3.34. The van der Waals surface area contributed by atoms with Crippen LogP contribution in [0.3, 0.4) is 0 Å². The molecule has 1 aliphatic heterocycles. The monoisotopic (exact) mass is 417 g/mol. The summed E-state index contributed by atoms with van der Waals surface area (Å²) in [6, 6.07) is 13.2. The van der Waals surface area contributed by atoms with Crippen molar-refractivity contribution < 1.29 is 13.5 Å². The van der Waals surface area contributed by atoms with Gasteiger partial charge in [0.15, 0.2) is 0 Å². The number of aromatic nitrogens is 2. The van der Waals surface area contributed by atoms with Gasteiger partial charge in [-0.25, -0.2) is 9.18 Å². The van der Waals surface area contributed by atoms with Crippen LogP contribution in [0.25, 0.3) is 11.5 Å². The molecule has 1 saturated heterocycles. The number of hydrogen-bond donors (Lipinski definition) is 0. The van der Waals surface area contributed by atoms with Gasteiger partial charge in [0.2, 0.25) is 5.89 Å². The molecule has 6 nitrogen and oxygen atoms in total. The van der Waals surface area contributed by atoms with Crippen molar-refractivity contribution in [2.24, 2.45) is 0 Å². The van der Waals surface area contributed by atoms with Crippen LogP contribution in [0.2, 0.25) is 5.02 Å². The number of hydrogen-bond acceptors (Lipinski definition) is 5. The quantitative estimate of drug-likeness (QED) is 0.639. The van der Waals surface area contributed by atoms with Crippen LogP contribution in [0.4, 0.5) is 4.39 Å². The maximum Gasteiger partial charge on any atom is 0.438 e. The Labute approximate surface area is 172 Å². The minimum absolute atomic E-state index is 0.156. The molecule has 1 aliphatic rings. The van der Waals surface area contributed by atoms with E-state index in [9.17, 15) is 9.18 Å². The Morgan fingerprint density at radius 2 is 1.93 bits per heavy atom. The lowest BCUT2D eigenvalue weighted by Crippen LogP contribution is -2.54. The number of morpholine rings is 1. The number of benzene rings is 2. The summed E-state index contributed by atoms with van der Waals surface area (Å²) in [7, 11) is 0. The Morgan fingerprint density at radius 1 is 1.21 bits per heavy atom. The van der Waals surface area contributed by atoms with Crippen molar-refractivity contribution in [3.05, 3.63) is 75.5 Å². The number of nitrogens with zero attached hydrogens (tertiary/aromatic N) is 3. The molecule has 0 saturated carbocycles. The van der Waals surface area contributed by atoms with Crippen LogP contribution in [0.15, 0.2) is 57.7 Å². The van der Waals surface area contributed by atoms with E-state index in [0.29, 0.717) is 23.7 Å². The summed E-state index contributed by atoms with van der Waals surface area (Å²) in [4.78, 5) is 14.5. The van der Waals surface area contributed by atoms with Gasteiger partial charge >= 0.3 is 5.76 Å². The van der Waals surface area contributed by atoms with E-state index in [0.717, 1.165) is 5.56 Å². The molecular formula is C21H21ClFN3O3. The topological polar surface area (TPSA) is 60.5 Å². The van der Waals surface area contributed by atoms with Gasteiger partial charge in [-0.1, -0.05) is 29.8 Å². The summed E-state index contributed by atoms with van der Waals surface area (Å²) in [5, 5.41) is 4.94. The predicted molar refractivity (Wildman–Crippen MR) is 107 cm³/mol. The maximum absolute atomic E-state index is 13.1. The smallest absolute Gasteiger partial charge is 0.388 e. The summed E-state index contributed by atoms with van der Waals surface area (Å²) < 4.78 is 25.7. The Balaban J connectivity index is 1.58. The Hall–Kier alpha value is -2.48. The molecule has 4 rings (SSSR count).